The third-order valence-corrected chi connectivity index (χ3v) is 5.74. The summed E-state index contributed by atoms with van der Waals surface area (Å²) in [6, 6.07) is 11.4. The lowest BCUT2D eigenvalue weighted by atomic mass is 10.0. The van der Waals surface area contributed by atoms with Crippen LogP contribution in [0.4, 0.5) is 5.82 Å². The number of rotatable bonds is 2. The molecule has 4 rings (SSSR count). The average molecular weight is 407 g/mol. The number of halogens is 3. The topological polar surface area (TPSA) is 29.9 Å². The average Bonchev–Trinajstić information content (AvgIpc) is 2.79. The van der Waals surface area contributed by atoms with E-state index in [4.69, 9.17) is 39.9 Å². The third kappa shape index (κ3) is 3.09. The van der Waals surface area contributed by atoms with Crippen LogP contribution in [0.25, 0.3) is 16.9 Å². The lowest BCUT2D eigenvalue weighted by Gasteiger charge is -2.12. The largest absolute Gasteiger partial charge is 0.370 e. The number of anilines is 1. The SMILES string of the molecule is Cc1c(Cl)cccc1-n1nc(-c2ccc(Cl)cc2Cl)c2c1NCCCC2. The molecular formula is C20H18Cl3N3. The number of nitrogens with zero attached hydrogens (tertiary/aromatic N) is 2. The van der Waals surface area contributed by atoms with Gasteiger partial charge in [-0.2, -0.15) is 5.10 Å². The fourth-order valence-electron chi connectivity index (χ4n) is 3.40. The van der Waals surface area contributed by atoms with Gasteiger partial charge in [-0.05, 0) is 62.1 Å². The molecule has 0 atom stereocenters. The highest BCUT2D eigenvalue weighted by Gasteiger charge is 2.23. The molecule has 26 heavy (non-hydrogen) atoms. The lowest BCUT2D eigenvalue weighted by Crippen LogP contribution is -2.08. The Morgan fingerprint density at radius 2 is 1.88 bits per heavy atom. The zero-order valence-electron chi connectivity index (χ0n) is 14.3. The molecule has 0 spiro atoms. The minimum atomic E-state index is 0.608. The van der Waals surface area contributed by atoms with E-state index in [0.29, 0.717) is 10.0 Å². The molecule has 0 radical (unpaired) electrons. The van der Waals surface area contributed by atoms with Gasteiger partial charge >= 0.3 is 0 Å². The zero-order chi connectivity index (χ0) is 18.3. The van der Waals surface area contributed by atoms with Crippen molar-refractivity contribution in [3.05, 3.63) is 62.6 Å². The van der Waals surface area contributed by atoms with Crippen molar-refractivity contribution in [2.75, 3.05) is 11.9 Å². The molecule has 134 valence electrons. The Bertz CT molecular complexity index is 979. The van der Waals surface area contributed by atoms with Crippen molar-refractivity contribution in [3.63, 3.8) is 0 Å². The van der Waals surface area contributed by atoms with Crippen LogP contribution in [0.5, 0.6) is 0 Å². The first-order chi connectivity index (χ1) is 12.6. The summed E-state index contributed by atoms with van der Waals surface area (Å²) in [5, 5.41) is 10.4. The molecule has 6 heteroatoms. The fourth-order valence-corrected chi connectivity index (χ4v) is 4.07. The van der Waals surface area contributed by atoms with Crippen LogP contribution < -0.4 is 5.32 Å². The molecule has 2 aromatic carbocycles. The second kappa shape index (κ2) is 7.15. The highest BCUT2D eigenvalue weighted by Crippen LogP contribution is 2.38. The van der Waals surface area contributed by atoms with E-state index in [1.54, 1.807) is 6.07 Å². The van der Waals surface area contributed by atoms with E-state index in [1.165, 1.54) is 5.56 Å². The summed E-state index contributed by atoms with van der Waals surface area (Å²) in [5.41, 5.74) is 4.95. The van der Waals surface area contributed by atoms with Crippen LogP contribution in [0.2, 0.25) is 15.1 Å². The van der Waals surface area contributed by atoms with Gasteiger partial charge in [0.15, 0.2) is 0 Å². The monoisotopic (exact) mass is 405 g/mol. The molecule has 3 nitrogen and oxygen atoms in total. The summed E-state index contributed by atoms with van der Waals surface area (Å²) in [6.07, 6.45) is 3.19. The van der Waals surface area contributed by atoms with Gasteiger partial charge in [0, 0.05) is 27.7 Å². The molecule has 3 aromatic rings. The van der Waals surface area contributed by atoms with E-state index in [1.807, 2.05) is 41.9 Å². The Labute approximate surface area is 167 Å². The minimum absolute atomic E-state index is 0.608. The highest BCUT2D eigenvalue weighted by molar-refractivity contribution is 6.36. The zero-order valence-corrected chi connectivity index (χ0v) is 16.6. The van der Waals surface area contributed by atoms with E-state index >= 15 is 0 Å². The van der Waals surface area contributed by atoms with E-state index in [9.17, 15) is 0 Å². The van der Waals surface area contributed by atoms with Crippen molar-refractivity contribution in [3.8, 4) is 16.9 Å². The number of benzene rings is 2. The summed E-state index contributed by atoms with van der Waals surface area (Å²) in [5.74, 6) is 1.02. The first kappa shape index (κ1) is 17.7. The number of hydrogen-bond acceptors (Lipinski definition) is 2. The first-order valence-electron chi connectivity index (χ1n) is 8.63. The van der Waals surface area contributed by atoms with Crippen molar-refractivity contribution < 1.29 is 0 Å². The van der Waals surface area contributed by atoms with Gasteiger partial charge in [-0.3, -0.25) is 0 Å². The van der Waals surface area contributed by atoms with E-state index in [-0.39, 0.29) is 0 Å². The maximum Gasteiger partial charge on any atom is 0.133 e. The number of nitrogens with one attached hydrogen (secondary N) is 1. The maximum atomic E-state index is 6.48. The molecule has 0 saturated heterocycles. The standard InChI is InChI=1S/C20H18Cl3N3/c1-12-16(22)6-4-7-18(12)26-20-15(5-2-3-10-24-20)19(25-26)14-9-8-13(21)11-17(14)23/h4,6-9,11,24H,2-3,5,10H2,1H3. The van der Waals surface area contributed by atoms with Crippen LogP contribution in [0.15, 0.2) is 36.4 Å². The van der Waals surface area contributed by atoms with E-state index < -0.39 is 0 Å². The third-order valence-electron chi connectivity index (χ3n) is 4.78. The molecule has 0 fully saturated rings. The number of hydrogen-bond donors (Lipinski definition) is 1. The second-order valence-corrected chi connectivity index (χ2v) is 7.73. The van der Waals surface area contributed by atoms with Gasteiger partial charge in [-0.25, -0.2) is 4.68 Å². The summed E-state index contributed by atoms with van der Waals surface area (Å²) in [7, 11) is 0. The fraction of sp³-hybridized carbons (Fsp3) is 0.250. The molecule has 0 saturated carbocycles. The maximum absolute atomic E-state index is 6.48. The molecular weight excluding hydrogens is 389 g/mol. The van der Waals surface area contributed by atoms with Gasteiger partial charge in [0.1, 0.15) is 5.82 Å². The van der Waals surface area contributed by atoms with Crippen molar-refractivity contribution in [2.45, 2.75) is 26.2 Å². The van der Waals surface area contributed by atoms with Gasteiger partial charge in [-0.15, -0.1) is 0 Å². The van der Waals surface area contributed by atoms with Crippen molar-refractivity contribution in [1.29, 1.82) is 0 Å². The van der Waals surface area contributed by atoms with Crippen LogP contribution >= 0.6 is 34.8 Å². The van der Waals surface area contributed by atoms with Crippen LogP contribution in [-0.2, 0) is 6.42 Å². The molecule has 0 bridgehead atoms. The van der Waals surface area contributed by atoms with E-state index in [2.05, 4.69) is 5.32 Å². The second-order valence-electron chi connectivity index (χ2n) is 6.48. The van der Waals surface area contributed by atoms with Crippen molar-refractivity contribution in [2.24, 2.45) is 0 Å². The molecule has 1 aliphatic rings. The smallest absolute Gasteiger partial charge is 0.133 e. The molecule has 0 unspecified atom stereocenters. The molecule has 0 amide bonds. The number of fused-ring (bicyclic) bond motifs is 1. The number of aromatic nitrogens is 2. The summed E-state index contributed by atoms with van der Waals surface area (Å²) in [4.78, 5) is 0. The summed E-state index contributed by atoms with van der Waals surface area (Å²) >= 11 is 18.9. The summed E-state index contributed by atoms with van der Waals surface area (Å²) in [6.45, 7) is 2.93. The Hall–Kier alpha value is -1.68. The van der Waals surface area contributed by atoms with Crippen molar-refractivity contribution in [1.82, 2.24) is 9.78 Å². The lowest BCUT2D eigenvalue weighted by molar-refractivity contribution is 0.779. The quantitative estimate of drug-likeness (QED) is 0.522. The normalized spacial score (nSPS) is 13.8. The van der Waals surface area contributed by atoms with Gasteiger partial charge < -0.3 is 5.32 Å². The van der Waals surface area contributed by atoms with Crippen LogP contribution in [0, 0.1) is 6.92 Å². The Kier molecular flexibility index (Phi) is 4.87. The van der Waals surface area contributed by atoms with Crippen LogP contribution in [0.1, 0.15) is 24.0 Å². The van der Waals surface area contributed by atoms with Crippen LogP contribution in [0.3, 0.4) is 0 Å². The van der Waals surface area contributed by atoms with Gasteiger partial charge in [0.25, 0.3) is 0 Å². The molecule has 1 aromatic heterocycles. The van der Waals surface area contributed by atoms with Crippen LogP contribution in [-0.4, -0.2) is 16.3 Å². The molecule has 0 aliphatic carbocycles. The highest BCUT2D eigenvalue weighted by atomic mass is 35.5. The Morgan fingerprint density at radius 3 is 2.69 bits per heavy atom. The van der Waals surface area contributed by atoms with E-state index in [0.717, 1.165) is 59.2 Å². The Morgan fingerprint density at radius 1 is 1.04 bits per heavy atom. The van der Waals surface area contributed by atoms with Gasteiger partial charge in [-0.1, -0.05) is 40.9 Å². The van der Waals surface area contributed by atoms with Crippen molar-refractivity contribution >= 4 is 40.6 Å². The molecule has 2 heterocycles. The molecule has 1 N–H and O–H groups in total. The summed E-state index contributed by atoms with van der Waals surface area (Å²) < 4.78 is 1.96. The Balaban J connectivity index is 1.96. The van der Waals surface area contributed by atoms with Gasteiger partial charge in [0.05, 0.1) is 16.4 Å². The predicted octanol–water partition coefficient (Wildman–Crippen LogP) is 6.56. The van der Waals surface area contributed by atoms with Gasteiger partial charge in [0.2, 0.25) is 0 Å². The first-order valence-corrected chi connectivity index (χ1v) is 9.76. The molecule has 1 aliphatic heterocycles. The minimum Gasteiger partial charge on any atom is -0.370 e. The predicted molar refractivity (Wildman–Crippen MR) is 110 cm³/mol.